The molecule has 2 fully saturated rings. The van der Waals surface area contributed by atoms with E-state index in [2.05, 4.69) is 10.0 Å². The molecule has 12 nitrogen and oxygen atoms in total. The highest BCUT2D eigenvalue weighted by atomic mass is 35.5. The molecule has 0 spiro atoms. The average molecular weight is 582 g/mol. The molecule has 1 aromatic rings. The molecule has 2 aliphatic heterocycles. The van der Waals surface area contributed by atoms with Gasteiger partial charge >= 0.3 is 6.09 Å². The van der Waals surface area contributed by atoms with Crippen LogP contribution in [0.4, 0.5) is 10.5 Å². The number of benzene rings is 1. The zero-order valence-electron chi connectivity index (χ0n) is 21.2. The summed E-state index contributed by atoms with van der Waals surface area (Å²) in [6.07, 6.45) is 4.00. The van der Waals surface area contributed by atoms with Crippen LogP contribution in [0.15, 0.2) is 36.4 Å². The Kier molecular flexibility index (Phi) is 8.12. The van der Waals surface area contributed by atoms with Crippen LogP contribution in [0, 0.1) is 5.92 Å². The number of amides is 4. The topological polar surface area (TPSA) is 191 Å². The number of sulfonamides is 1. The fourth-order valence-corrected chi connectivity index (χ4v) is 7.32. The van der Waals surface area contributed by atoms with Crippen LogP contribution in [-0.2, 0) is 29.1 Å². The second-order valence-electron chi connectivity index (χ2n) is 10.1. The monoisotopic (exact) mass is 581 g/mol. The number of rotatable bonds is 5. The Morgan fingerprint density at radius 2 is 1.92 bits per heavy atom. The minimum absolute atomic E-state index is 0.0162. The number of primary amides is 2. The number of ether oxygens (including phenoxy) is 1. The molecule has 6 N–H and O–H groups in total. The molecule has 1 aromatic carbocycles. The van der Waals surface area contributed by atoms with Gasteiger partial charge in [-0.2, -0.15) is 0 Å². The maximum atomic E-state index is 13.9. The van der Waals surface area contributed by atoms with E-state index in [1.54, 1.807) is 18.2 Å². The molecule has 14 heteroatoms. The first kappa shape index (κ1) is 28.7. The van der Waals surface area contributed by atoms with Crippen LogP contribution in [0.25, 0.3) is 0 Å². The molecular formula is C25H32ClN5O7S. The van der Waals surface area contributed by atoms with Crippen molar-refractivity contribution < 1.29 is 32.3 Å². The Hall–Kier alpha value is -3.32. The van der Waals surface area contributed by atoms with Gasteiger partial charge in [-0.05, 0) is 63.1 Å². The second kappa shape index (κ2) is 11.0. The first-order valence-electron chi connectivity index (χ1n) is 12.8. The quantitative estimate of drug-likeness (QED) is 0.300. The highest BCUT2D eigenvalue weighted by Crippen LogP contribution is 2.50. The summed E-state index contributed by atoms with van der Waals surface area (Å²) in [7, 11) is -4.28. The predicted molar refractivity (Wildman–Crippen MR) is 143 cm³/mol. The van der Waals surface area contributed by atoms with Gasteiger partial charge in [0, 0.05) is 17.5 Å². The molecule has 4 atom stereocenters. The molecule has 0 aromatic heterocycles. The van der Waals surface area contributed by atoms with Gasteiger partial charge in [-0.25, -0.2) is 13.2 Å². The second-order valence-corrected chi connectivity index (χ2v) is 12.5. The lowest BCUT2D eigenvalue weighted by atomic mass is 9.92. The molecule has 39 heavy (non-hydrogen) atoms. The summed E-state index contributed by atoms with van der Waals surface area (Å²) in [6, 6.07) is 6.11. The van der Waals surface area contributed by atoms with Gasteiger partial charge in [-0.15, -0.1) is 0 Å². The highest BCUT2D eigenvalue weighted by Gasteiger charge is 2.67. The first-order chi connectivity index (χ1) is 18.4. The van der Waals surface area contributed by atoms with Gasteiger partial charge in [0.1, 0.15) is 0 Å². The summed E-state index contributed by atoms with van der Waals surface area (Å²) < 4.78 is 35.0. The Morgan fingerprint density at radius 3 is 2.62 bits per heavy atom. The number of halogens is 1. The lowest BCUT2D eigenvalue weighted by Crippen LogP contribution is -2.68. The number of hydrogen-bond donors (Lipinski definition) is 4. The van der Waals surface area contributed by atoms with Gasteiger partial charge in [0.25, 0.3) is 27.7 Å². The van der Waals surface area contributed by atoms with Crippen molar-refractivity contribution >= 4 is 51.1 Å². The Morgan fingerprint density at radius 1 is 1.15 bits per heavy atom. The molecule has 1 saturated heterocycles. The number of carbonyl (C=O) groups is 4. The summed E-state index contributed by atoms with van der Waals surface area (Å²) in [5.74, 6) is -3.50. The van der Waals surface area contributed by atoms with Crippen LogP contribution in [0.2, 0.25) is 5.02 Å². The largest absolute Gasteiger partial charge is 0.436 e. The summed E-state index contributed by atoms with van der Waals surface area (Å²) in [4.78, 5) is 51.1. The Labute approximate surface area is 231 Å². The van der Waals surface area contributed by atoms with Crippen molar-refractivity contribution in [3.63, 3.8) is 0 Å². The van der Waals surface area contributed by atoms with E-state index in [1.807, 2.05) is 6.08 Å². The minimum atomic E-state index is -4.28. The molecule has 2 heterocycles. The summed E-state index contributed by atoms with van der Waals surface area (Å²) >= 11 is 6.02. The van der Waals surface area contributed by atoms with Gasteiger partial charge < -0.3 is 26.4 Å². The van der Waals surface area contributed by atoms with Crippen LogP contribution < -0.4 is 21.5 Å². The van der Waals surface area contributed by atoms with Crippen molar-refractivity contribution in [3.05, 3.63) is 41.4 Å². The number of nitrogens with zero attached hydrogens (tertiary/aromatic N) is 1. The van der Waals surface area contributed by atoms with Crippen LogP contribution in [-0.4, -0.2) is 60.2 Å². The molecule has 0 bridgehead atoms. The van der Waals surface area contributed by atoms with Crippen molar-refractivity contribution in [3.8, 4) is 0 Å². The zero-order chi connectivity index (χ0) is 28.4. The van der Waals surface area contributed by atoms with Crippen LogP contribution in [0.3, 0.4) is 0 Å². The van der Waals surface area contributed by atoms with Crippen molar-refractivity contribution in [2.75, 3.05) is 11.3 Å². The third-order valence-corrected chi connectivity index (χ3v) is 9.78. The number of carbonyl (C=O) groups excluding carboxylic acids is 4. The number of anilines is 1. The average Bonchev–Trinajstić information content (AvgIpc) is 3.36. The van der Waals surface area contributed by atoms with Gasteiger partial charge in [0.2, 0.25) is 5.54 Å². The molecule has 4 rings (SSSR count). The minimum Gasteiger partial charge on any atom is -0.436 e. The van der Waals surface area contributed by atoms with Crippen molar-refractivity contribution in [1.29, 1.82) is 0 Å². The van der Waals surface area contributed by atoms with Crippen molar-refractivity contribution in [2.45, 2.75) is 67.9 Å². The van der Waals surface area contributed by atoms with Gasteiger partial charge in [-0.1, -0.05) is 36.2 Å². The molecule has 3 aliphatic rings. The zero-order valence-corrected chi connectivity index (χ0v) is 22.8. The maximum absolute atomic E-state index is 13.9. The van der Waals surface area contributed by atoms with E-state index in [4.69, 9.17) is 27.8 Å². The first-order valence-corrected chi connectivity index (χ1v) is 14.6. The fraction of sp³-hybridized carbons (Fsp3) is 0.520. The van der Waals surface area contributed by atoms with E-state index in [-0.39, 0.29) is 37.9 Å². The Balaban J connectivity index is 1.74. The lowest BCUT2D eigenvalue weighted by molar-refractivity contribution is -0.157. The molecule has 1 aliphatic carbocycles. The number of nitrogens with one attached hydrogen (secondary N) is 2. The molecule has 1 saturated carbocycles. The molecular weight excluding hydrogens is 550 g/mol. The van der Waals surface area contributed by atoms with E-state index in [0.29, 0.717) is 24.3 Å². The predicted octanol–water partition coefficient (Wildman–Crippen LogP) is 1.74. The Bertz CT molecular complexity index is 1310. The molecule has 4 unspecified atom stereocenters. The van der Waals surface area contributed by atoms with Gasteiger partial charge in [0.15, 0.2) is 11.0 Å². The normalized spacial score (nSPS) is 30.5. The summed E-state index contributed by atoms with van der Waals surface area (Å²) in [5.41, 5.74) is 8.95. The van der Waals surface area contributed by atoms with E-state index < -0.39 is 56.3 Å². The highest BCUT2D eigenvalue weighted by molar-refractivity contribution is 7.94. The summed E-state index contributed by atoms with van der Waals surface area (Å²) in [5, 5.41) is 2.89. The van der Waals surface area contributed by atoms with Crippen LogP contribution in [0.5, 0.6) is 0 Å². The SMILES string of the molecule is NC(=O)OC1CCCCC/C=C\C2CC2(S(=O)(=O)Nc2cccc(Cl)c2)NC(=O)C2(C(N)=O)CCCN2C1=O. The van der Waals surface area contributed by atoms with Crippen molar-refractivity contribution in [1.82, 2.24) is 10.2 Å². The third-order valence-electron chi connectivity index (χ3n) is 7.51. The molecule has 0 radical (unpaired) electrons. The van der Waals surface area contributed by atoms with E-state index in [1.165, 1.54) is 12.1 Å². The third kappa shape index (κ3) is 5.55. The standard InChI is InChI=1S/C25H32ClN5O7S/c26-17-9-6-10-18(14-17)30-39(36,37)25-15-16(25)8-4-2-1-3-5-11-19(38-23(28)35)20(32)31-13-7-12-24(31,21(27)33)22(34)29-25/h4,6,8-10,14,16,19,30H,1-3,5,7,11-13,15H2,(H2,27,33)(H2,28,35)(H,29,34)/b8-4-. The van der Waals surface area contributed by atoms with E-state index in [9.17, 15) is 27.6 Å². The molecule has 4 amide bonds. The lowest BCUT2D eigenvalue weighted by Gasteiger charge is -2.37. The fourth-order valence-electron chi connectivity index (χ4n) is 5.40. The van der Waals surface area contributed by atoms with Crippen LogP contribution >= 0.6 is 11.6 Å². The van der Waals surface area contributed by atoms with E-state index >= 15 is 0 Å². The van der Waals surface area contributed by atoms with Crippen molar-refractivity contribution in [2.24, 2.45) is 17.4 Å². The van der Waals surface area contributed by atoms with E-state index in [0.717, 1.165) is 11.3 Å². The van der Waals surface area contributed by atoms with Crippen LogP contribution in [0.1, 0.15) is 51.4 Å². The number of nitrogens with two attached hydrogens (primary N) is 2. The van der Waals surface area contributed by atoms with Gasteiger partial charge in [0.05, 0.1) is 5.69 Å². The molecule has 212 valence electrons. The number of allylic oxidation sites excluding steroid dienone is 1. The number of hydrogen-bond acceptors (Lipinski definition) is 7. The number of fused-ring (bicyclic) bond motifs is 2. The smallest absolute Gasteiger partial charge is 0.405 e. The summed E-state index contributed by atoms with van der Waals surface area (Å²) in [6.45, 7) is -0.0162. The van der Waals surface area contributed by atoms with Gasteiger partial charge in [-0.3, -0.25) is 19.1 Å². The maximum Gasteiger partial charge on any atom is 0.405 e.